The van der Waals surface area contributed by atoms with Crippen LogP contribution in [0.2, 0.25) is 0 Å². The second-order valence-corrected chi connectivity index (χ2v) is 1.45. The molecule has 0 saturated heterocycles. The van der Waals surface area contributed by atoms with Crippen LogP contribution in [-0.4, -0.2) is 15.3 Å². The van der Waals surface area contributed by atoms with E-state index in [-0.39, 0.29) is 0 Å². The second kappa shape index (κ2) is 22.8. The second-order valence-electron chi connectivity index (χ2n) is 0.754. The van der Waals surface area contributed by atoms with Crippen molar-refractivity contribution >= 4 is 0 Å². The zero-order valence-electron chi connectivity index (χ0n) is 6.33. The van der Waals surface area contributed by atoms with E-state index in [4.69, 9.17) is 50.4 Å². The van der Waals surface area contributed by atoms with Crippen LogP contribution in [0.3, 0.4) is 0 Å². The van der Waals surface area contributed by atoms with Gasteiger partial charge in [0.1, 0.15) is 0 Å². The van der Waals surface area contributed by atoms with Crippen LogP contribution < -0.4 is 0 Å². The van der Waals surface area contributed by atoms with Crippen molar-refractivity contribution < 1.29 is 47.5 Å². The van der Waals surface area contributed by atoms with Gasteiger partial charge in [0.25, 0.3) is 0 Å². The Labute approximate surface area is 93.7 Å². The van der Waals surface area contributed by atoms with E-state index in [1.807, 2.05) is 0 Å². The van der Waals surface area contributed by atoms with Crippen molar-refractivity contribution in [1.29, 1.82) is 0 Å². The van der Waals surface area contributed by atoms with E-state index in [0.29, 0.717) is 0 Å². The first-order valence-corrected chi connectivity index (χ1v) is 5.45. The molecule has 0 spiro atoms. The first-order valence-electron chi connectivity index (χ1n) is 2.05. The average Bonchev–Trinajstić information content (AvgIpc) is 1.81. The molecule has 88 valence electrons. The molecule has 0 bridgehead atoms. The van der Waals surface area contributed by atoms with Gasteiger partial charge in [0, 0.05) is 0 Å². The fourth-order valence-electron chi connectivity index (χ4n) is 0. The first kappa shape index (κ1) is 23.2. The molecule has 14 nitrogen and oxygen atoms in total. The molecule has 0 heterocycles. The third-order valence-electron chi connectivity index (χ3n) is 0. The van der Waals surface area contributed by atoms with E-state index in [2.05, 4.69) is 0 Å². The molecular formula is N3O11U-3. The van der Waals surface area contributed by atoms with Crippen molar-refractivity contribution in [2.45, 2.75) is 0 Å². The summed E-state index contributed by atoms with van der Waals surface area (Å²) < 4.78 is 17.2. The molecule has 0 unspecified atom stereocenters. The van der Waals surface area contributed by atoms with Crippen molar-refractivity contribution in [2.75, 3.05) is 0 Å². The van der Waals surface area contributed by atoms with Gasteiger partial charge in [0.05, 0.1) is 15.3 Å². The number of nitrogens with zero attached hydrogens (tertiary/aromatic N) is 3. The molecule has 0 aliphatic heterocycles. The van der Waals surface area contributed by atoms with E-state index in [1.165, 1.54) is 0 Å². The molecule has 0 fully saturated rings. The van der Waals surface area contributed by atoms with Crippen LogP contribution >= 0.6 is 0 Å². The van der Waals surface area contributed by atoms with Gasteiger partial charge >= 0.3 is 32.3 Å². The van der Waals surface area contributed by atoms with E-state index >= 15 is 0 Å². The minimum absolute atomic E-state index is 1.75. The molecule has 0 N–H and O–H groups in total. The molecule has 0 atom stereocenters. The molecule has 0 amide bonds. The Morgan fingerprint density at radius 2 is 0.600 bits per heavy atom. The Morgan fingerprint density at radius 1 is 0.600 bits per heavy atom. The number of rotatable bonds is 0. The van der Waals surface area contributed by atoms with Gasteiger partial charge in [-0.1, -0.05) is 0 Å². The molecule has 0 saturated carbocycles. The van der Waals surface area contributed by atoms with Crippen LogP contribution in [0.4, 0.5) is 0 Å². The fourth-order valence-corrected chi connectivity index (χ4v) is 0. The van der Waals surface area contributed by atoms with Crippen molar-refractivity contribution in [3.05, 3.63) is 46.0 Å². The predicted molar refractivity (Wildman–Crippen MR) is 32.5 cm³/mol. The van der Waals surface area contributed by atoms with Crippen molar-refractivity contribution in [3.8, 4) is 0 Å². The van der Waals surface area contributed by atoms with Crippen LogP contribution in [0.1, 0.15) is 0 Å². The quantitative estimate of drug-likeness (QED) is 0.318. The van der Waals surface area contributed by atoms with E-state index in [1.54, 1.807) is 0 Å². The monoisotopic (exact) mass is 456 g/mol. The van der Waals surface area contributed by atoms with Gasteiger partial charge in [0.2, 0.25) is 0 Å². The average molecular weight is 456 g/mol. The zero-order valence-corrected chi connectivity index (χ0v) is 10.5. The third-order valence-corrected chi connectivity index (χ3v) is 0. The Bertz CT molecular complexity index is 173. The van der Waals surface area contributed by atoms with E-state index in [9.17, 15) is 0 Å². The molecule has 15 heavy (non-hydrogen) atoms. The summed E-state index contributed by atoms with van der Waals surface area (Å²) in [6, 6.07) is 0. The van der Waals surface area contributed by atoms with Crippen LogP contribution in [0.5, 0.6) is 0 Å². The number of hydrogen-bond acceptors (Lipinski definition) is 11. The van der Waals surface area contributed by atoms with Crippen LogP contribution in [0.25, 0.3) is 0 Å². The molecule has 0 aliphatic carbocycles. The zero-order chi connectivity index (χ0) is 13.4. The van der Waals surface area contributed by atoms with Crippen LogP contribution in [0, 0.1) is 73.8 Å². The SMILES string of the molecule is O=[N+]([O-])[O-].O=[N+]([O-])[O-].O=[N+]([O-])[O-].[O]=[U]=[O]. The Morgan fingerprint density at radius 3 is 0.600 bits per heavy atom. The molecule has 0 aromatic carbocycles. The molecule has 0 radical (unpaired) electrons. The number of hydrogen-bond donors (Lipinski definition) is 0. The Kier molecular flexibility index (Phi) is 35.3. The predicted octanol–water partition coefficient (Wildman–Crippen LogP) is -0.955. The minimum atomic E-state index is -2.51. The van der Waals surface area contributed by atoms with Crippen molar-refractivity contribution in [2.24, 2.45) is 0 Å². The summed E-state index contributed by atoms with van der Waals surface area (Å²) in [4.78, 5) is 24.8. The van der Waals surface area contributed by atoms with Gasteiger partial charge in [-0.15, -0.1) is 0 Å². The molecule has 15 heteroatoms. The summed E-state index contributed by atoms with van der Waals surface area (Å²) in [7, 11) is 0. The Balaban J connectivity index is -0.0000000542. The Hall–Kier alpha value is -1.75. The third kappa shape index (κ3) is 421. The molecule has 0 aliphatic rings. The van der Waals surface area contributed by atoms with Crippen LogP contribution in [0.15, 0.2) is 0 Å². The summed E-state index contributed by atoms with van der Waals surface area (Å²) in [5, 5.41) is 44.2. The van der Waals surface area contributed by atoms with Gasteiger partial charge in [0.15, 0.2) is 0 Å². The molecule has 0 aromatic rings. The van der Waals surface area contributed by atoms with Crippen LogP contribution in [-0.2, 0) is 4.47 Å². The summed E-state index contributed by atoms with van der Waals surface area (Å²) in [6.45, 7) is 0. The summed E-state index contributed by atoms with van der Waals surface area (Å²) >= 11 is -2.51. The maximum absolute atomic E-state index is 8.58. The topological polar surface area (TPSA) is 233 Å². The summed E-state index contributed by atoms with van der Waals surface area (Å²) in [5.41, 5.74) is 0. The van der Waals surface area contributed by atoms with Gasteiger partial charge < -0.3 is 46.0 Å². The molecule has 0 aromatic heterocycles. The van der Waals surface area contributed by atoms with Gasteiger partial charge in [-0.05, 0) is 0 Å². The van der Waals surface area contributed by atoms with Crippen molar-refractivity contribution in [3.63, 3.8) is 0 Å². The van der Waals surface area contributed by atoms with Gasteiger partial charge in [-0.3, -0.25) is 0 Å². The van der Waals surface area contributed by atoms with Gasteiger partial charge in [-0.25, -0.2) is 0 Å². The summed E-state index contributed by atoms with van der Waals surface area (Å²) in [6.07, 6.45) is 0. The normalized spacial score (nSPS) is 5.33. The first-order chi connectivity index (χ1) is 6.61. The van der Waals surface area contributed by atoms with E-state index in [0.717, 1.165) is 0 Å². The van der Waals surface area contributed by atoms with Crippen molar-refractivity contribution in [1.82, 2.24) is 0 Å². The molecule has 0 rings (SSSR count). The maximum atomic E-state index is 8.58. The molecular weight excluding hydrogens is 456 g/mol. The standard InChI is InChI=1S/3NO3.2O.U/c3*2-1(3)4;;;/q3*-1;;;. The fraction of sp³-hybridized carbons (Fsp3) is 0. The summed E-state index contributed by atoms with van der Waals surface area (Å²) in [5.74, 6) is 0. The van der Waals surface area contributed by atoms with E-state index < -0.39 is 43.1 Å². The van der Waals surface area contributed by atoms with Gasteiger partial charge in [-0.2, -0.15) is 0 Å².